The van der Waals surface area contributed by atoms with E-state index in [0.717, 1.165) is 45.3 Å². The third kappa shape index (κ3) is 5.09. The largest absolute Gasteiger partial charge is 0.481 e. The van der Waals surface area contributed by atoms with Gasteiger partial charge in [0.1, 0.15) is 0 Å². The number of carboxylic acids is 1. The SMILES string of the molecule is O=C(O)[C@@H]1CCCN(CCCCN(c2ccccc2)c2ccccc2)C1. The predicted octanol–water partition coefficient (Wildman–Crippen LogP) is 4.40. The maximum Gasteiger partial charge on any atom is 0.307 e. The highest BCUT2D eigenvalue weighted by Gasteiger charge is 2.24. The lowest BCUT2D eigenvalue weighted by atomic mass is 9.98. The molecule has 0 spiro atoms. The zero-order valence-electron chi connectivity index (χ0n) is 15.3. The molecule has 1 N–H and O–H groups in total. The smallest absolute Gasteiger partial charge is 0.307 e. The predicted molar refractivity (Wildman–Crippen MR) is 106 cm³/mol. The molecule has 1 aliphatic rings. The van der Waals surface area contributed by atoms with Crippen LogP contribution in [0.2, 0.25) is 0 Å². The van der Waals surface area contributed by atoms with Gasteiger partial charge in [-0.1, -0.05) is 36.4 Å². The maximum atomic E-state index is 11.2. The average molecular weight is 352 g/mol. The van der Waals surface area contributed by atoms with Crippen LogP contribution in [-0.4, -0.2) is 42.2 Å². The number of unbranched alkanes of at least 4 members (excludes halogenated alkanes) is 1. The van der Waals surface area contributed by atoms with Gasteiger partial charge in [-0.05, 0) is 63.0 Å². The van der Waals surface area contributed by atoms with Crippen LogP contribution >= 0.6 is 0 Å². The first kappa shape index (κ1) is 18.5. The summed E-state index contributed by atoms with van der Waals surface area (Å²) >= 11 is 0. The van der Waals surface area contributed by atoms with Gasteiger partial charge in [-0.2, -0.15) is 0 Å². The number of para-hydroxylation sites is 2. The molecule has 0 saturated carbocycles. The van der Waals surface area contributed by atoms with Crippen LogP contribution in [0.1, 0.15) is 25.7 Å². The van der Waals surface area contributed by atoms with Crippen molar-refractivity contribution in [3.05, 3.63) is 60.7 Å². The summed E-state index contributed by atoms with van der Waals surface area (Å²) < 4.78 is 0. The van der Waals surface area contributed by atoms with E-state index in [-0.39, 0.29) is 5.92 Å². The number of piperidine rings is 1. The molecular weight excluding hydrogens is 324 g/mol. The molecule has 1 atom stereocenters. The molecular formula is C22H28N2O2. The molecule has 4 nitrogen and oxygen atoms in total. The summed E-state index contributed by atoms with van der Waals surface area (Å²) in [6, 6.07) is 21.0. The molecule has 0 radical (unpaired) electrons. The molecule has 1 fully saturated rings. The van der Waals surface area contributed by atoms with E-state index in [9.17, 15) is 9.90 Å². The summed E-state index contributed by atoms with van der Waals surface area (Å²) in [5.74, 6) is -0.831. The Hall–Kier alpha value is -2.33. The number of rotatable bonds is 8. The van der Waals surface area contributed by atoms with Crippen LogP contribution in [0.25, 0.3) is 0 Å². The van der Waals surface area contributed by atoms with Crippen molar-refractivity contribution in [2.45, 2.75) is 25.7 Å². The Balaban J connectivity index is 1.53. The topological polar surface area (TPSA) is 43.8 Å². The molecule has 4 heteroatoms. The van der Waals surface area contributed by atoms with Gasteiger partial charge in [-0.15, -0.1) is 0 Å². The first-order chi connectivity index (χ1) is 12.7. The van der Waals surface area contributed by atoms with Crippen molar-refractivity contribution in [2.24, 2.45) is 5.92 Å². The summed E-state index contributed by atoms with van der Waals surface area (Å²) in [6.45, 7) is 3.69. The minimum absolute atomic E-state index is 0.186. The second-order valence-corrected chi connectivity index (χ2v) is 7.01. The summed E-state index contributed by atoms with van der Waals surface area (Å²) in [4.78, 5) is 15.9. The molecule has 0 aliphatic carbocycles. The fraction of sp³-hybridized carbons (Fsp3) is 0.409. The molecule has 1 aliphatic heterocycles. The van der Waals surface area contributed by atoms with Crippen molar-refractivity contribution in [1.82, 2.24) is 4.90 Å². The standard InChI is InChI=1S/C22H28N2O2/c25-22(26)19-10-9-16-23(18-19)15-7-8-17-24(20-11-3-1-4-12-20)21-13-5-2-6-14-21/h1-6,11-14,19H,7-10,15-18H2,(H,25,26)/t19-/m1/s1. The fourth-order valence-corrected chi connectivity index (χ4v) is 3.69. The Morgan fingerprint density at radius 2 is 1.62 bits per heavy atom. The van der Waals surface area contributed by atoms with Crippen molar-refractivity contribution in [3.63, 3.8) is 0 Å². The van der Waals surface area contributed by atoms with Gasteiger partial charge in [-0.25, -0.2) is 0 Å². The van der Waals surface area contributed by atoms with E-state index in [0.29, 0.717) is 6.54 Å². The summed E-state index contributed by atoms with van der Waals surface area (Å²) in [5.41, 5.74) is 2.42. The van der Waals surface area contributed by atoms with Gasteiger partial charge in [-0.3, -0.25) is 4.79 Å². The average Bonchev–Trinajstić information content (AvgIpc) is 2.69. The van der Waals surface area contributed by atoms with Crippen molar-refractivity contribution < 1.29 is 9.90 Å². The molecule has 3 rings (SSSR count). The molecule has 0 amide bonds. The molecule has 1 heterocycles. The Labute approximate surface area is 156 Å². The lowest BCUT2D eigenvalue weighted by Gasteiger charge is -2.31. The molecule has 2 aromatic carbocycles. The van der Waals surface area contributed by atoms with Gasteiger partial charge < -0.3 is 14.9 Å². The third-order valence-electron chi connectivity index (χ3n) is 5.10. The fourth-order valence-electron chi connectivity index (χ4n) is 3.69. The first-order valence-corrected chi connectivity index (χ1v) is 9.57. The minimum Gasteiger partial charge on any atom is -0.481 e. The van der Waals surface area contributed by atoms with E-state index < -0.39 is 5.97 Å². The van der Waals surface area contributed by atoms with Gasteiger partial charge in [0, 0.05) is 24.5 Å². The molecule has 26 heavy (non-hydrogen) atoms. The van der Waals surface area contributed by atoms with Crippen LogP contribution in [0.3, 0.4) is 0 Å². The van der Waals surface area contributed by atoms with Gasteiger partial charge in [0.25, 0.3) is 0 Å². The van der Waals surface area contributed by atoms with Crippen LogP contribution < -0.4 is 4.90 Å². The summed E-state index contributed by atoms with van der Waals surface area (Å²) in [7, 11) is 0. The second-order valence-electron chi connectivity index (χ2n) is 7.01. The molecule has 1 saturated heterocycles. The number of carbonyl (C=O) groups is 1. The summed E-state index contributed by atoms with van der Waals surface area (Å²) in [6.07, 6.45) is 3.99. The van der Waals surface area contributed by atoms with Gasteiger partial charge >= 0.3 is 5.97 Å². The van der Waals surface area contributed by atoms with Crippen molar-refractivity contribution in [3.8, 4) is 0 Å². The molecule has 0 unspecified atom stereocenters. The zero-order valence-corrected chi connectivity index (χ0v) is 15.3. The van der Waals surface area contributed by atoms with Gasteiger partial charge in [0.15, 0.2) is 0 Å². The third-order valence-corrected chi connectivity index (χ3v) is 5.10. The maximum absolute atomic E-state index is 11.2. The molecule has 0 bridgehead atoms. The van der Waals surface area contributed by atoms with E-state index in [2.05, 4.69) is 58.3 Å². The molecule has 138 valence electrons. The normalized spacial score (nSPS) is 17.8. The number of hydrogen-bond donors (Lipinski definition) is 1. The quantitative estimate of drug-likeness (QED) is 0.715. The number of benzene rings is 2. The minimum atomic E-state index is -0.644. The summed E-state index contributed by atoms with van der Waals surface area (Å²) in [5, 5.41) is 9.22. The number of nitrogens with zero attached hydrogens (tertiary/aromatic N) is 2. The lowest BCUT2D eigenvalue weighted by Crippen LogP contribution is -2.39. The van der Waals surface area contributed by atoms with Crippen molar-refractivity contribution in [2.75, 3.05) is 31.1 Å². The number of likely N-dealkylation sites (tertiary alicyclic amines) is 1. The highest BCUT2D eigenvalue weighted by Crippen LogP contribution is 2.25. The lowest BCUT2D eigenvalue weighted by molar-refractivity contribution is -0.143. The number of hydrogen-bond acceptors (Lipinski definition) is 3. The Bertz CT molecular complexity index is 636. The molecule has 2 aromatic rings. The van der Waals surface area contributed by atoms with Crippen LogP contribution in [0.5, 0.6) is 0 Å². The first-order valence-electron chi connectivity index (χ1n) is 9.57. The van der Waals surface area contributed by atoms with Crippen LogP contribution in [0, 0.1) is 5.92 Å². The van der Waals surface area contributed by atoms with Gasteiger partial charge in [0.05, 0.1) is 5.92 Å². The van der Waals surface area contributed by atoms with E-state index >= 15 is 0 Å². The Morgan fingerprint density at radius 1 is 1.00 bits per heavy atom. The number of carboxylic acid groups (broad SMARTS) is 1. The van der Waals surface area contributed by atoms with Crippen molar-refractivity contribution >= 4 is 17.3 Å². The highest BCUT2D eigenvalue weighted by atomic mass is 16.4. The van der Waals surface area contributed by atoms with E-state index in [1.54, 1.807) is 0 Å². The zero-order chi connectivity index (χ0) is 18.2. The molecule has 0 aromatic heterocycles. The highest BCUT2D eigenvalue weighted by molar-refractivity contribution is 5.70. The van der Waals surface area contributed by atoms with E-state index in [4.69, 9.17) is 0 Å². The number of anilines is 2. The van der Waals surface area contributed by atoms with E-state index in [1.165, 1.54) is 11.4 Å². The van der Waals surface area contributed by atoms with Crippen LogP contribution in [-0.2, 0) is 4.79 Å². The van der Waals surface area contributed by atoms with E-state index in [1.807, 2.05) is 12.1 Å². The Kier molecular flexibility index (Phi) is 6.67. The van der Waals surface area contributed by atoms with Crippen LogP contribution in [0.15, 0.2) is 60.7 Å². The second kappa shape index (κ2) is 9.39. The number of aliphatic carboxylic acids is 1. The van der Waals surface area contributed by atoms with Gasteiger partial charge in [0.2, 0.25) is 0 Å². The van der Waals surface area contributed by atoms with Crippen molar-refractivity contribution in [1.29, 1.82) is 0 Å². The Morgan fingerprint density at radius 3 is 2.19 bits per heavy atom. The monoisotopic (exact) mass is 352 g/mol. The van der Waals surface area contributed by atoms with Crippen LogP contribution in [0.4, 0.5) is 11.4 Å².